The van der Waals surface area contributed by atoms with Gasteiger partial charge in [0.05, 0.1) is 10.7 Å². The summed E-state index contributed by atoms with van der Waals surface area (Å²) in [5, 5.41) is 7.93. The van der Waals surface area contributed by atoms with Crippen molar-refractivity contribution in [2.24, 2.45) is 5.73 Å². The maximum atomic E-state index is 13.4. The first kappa shape index (κ1) is 24.4. The van der Waals surface area contributed by atoms with E-state index < -0.39 is 18.2 Å². The molecule has 13 heteroatoms. The lowest BCUT2D eigenvalue weighted by molar-refractivity contribution is 0.100. The van der Waals surface area contributed by atoms with Crippen molar-refractivity contribution in [3.8, 4) is 5.75 Å². The summed E-state index contributed by atoms with van der Waals surface area (Å²) in [5.74, 6) is -1.01. The van der Waals surface area contributed by atoms with Crippen molar-refractivity contribution in [2.75, 3.05) is 5.32 Å². The van der Waals surface area contributed by atoms with E-state index in [0.29, 0.717) is 21.7 Å². The van der Waals surface area contributed by atoms with Gasteiger partial charge in [0, 0.05) is 11.6 Å². The monoisotopic (exact) mass is 551 g/mol. The lowest BCUT2D eigenvalue weighted by Gasteiger charge is -2.10. The van der Waals surface area contributed by atoms with Crippen molar-refractivity contribution in [1.29, 1.82) is 0 Å². The largest absolute Gasteiger partial charge is 0.470 e. The molecular weight excluding hydrogens is 535 g/mol. The maximum absolute atomic E-state index is 13.4. The highest BCUT2D eigenvalue weighted by Crippen LogP contribution is 2.48. The Bertz CT molecular complexity index is 1500. The van der Waals surface area contributed by atoms with E-state index in [1.165, 1.54) is 23.0 Å². The highest BCUT2D eigenvalue weighted by atomic mass is 35.5. The van der Waals surface area contributed by atoms with Gasteiger partial charge in [0.1, 0.15) is 26.2 Å². The Kier molecular flexibility index (Phi) is 6.54. The topological polar surface area (TPSA) is 112 Å². The summed E-state index contributed by atoms with van der Waals surface area (Å²) in [5.41, 5.74) is 5.97. The third kappa shape index (κ3) is 4.73. The molecular formula is C23H17Cl2F2N5O3S. The number of ether oxygens (including phenoxy) is 1. The number of halogens is 4. The Morgan fingerprint density at radius 3 is 2.75 bits per heavy atom. The third-order valence-electron chi connectivity index (χ3n) is 5.56. The number of rotatable bonds is 8. The zero-order chi connectivity index (χ0) is 25.6. The van der Waals surface area contributed by atoms with Gasteiger partial charge in [0.15, 0.2) is 12.4 Å². The highest BCUT2D eigenvalue weighted by Gasteiger charge is 2.32. The number of nitrogens with zero attached hydrogens (tertiary/aromatic N) is 3. The average molecular weight is 552 g/mol. The fraction of sp³-hybridized carbons (Fsp3) is 0.217. The van der Waals surface area contributed by atoms with Crippen LogP contribution < -0.4 is 15.8 Å². The van der Waals surface area contributed by atoms with E-state index in [4.69, 9.17) is 33.7 Å². The summed E-state index contributed by atoms with van der Waals surface area (Å²) >= 11 is 13.0. The van der Waals surface area contributed by atoms with E-state index in [1.807, 2.05) is 0 Å². The first-order valence-corrected chi connectivity index (χ1v) is 12.3. The summed E-state index contributed by atoms with van der Waals surface area (Å²) < 4.78 is 33.8. The van der Waals surface area contributed by atoms with Crippen molar-refractivity contribution >= 4 is 62.3 Å². The minimum Gasteiger partial charge on any atom is -0.470 e. The van der Waals surface area contributed by atoms with Gasteiger partial charge < -0.3 is 15.8 Å². The summed E-state index contributed by atoms with van der Waals surface area (Å²) in [6, 6.07) is 7.75. The second-order valence-electron chi connectivity index (χ2n) is 8.08. The zero-order valence-corrected chi connectivity index (χ0v) is 20.6. The summed E-state index contributed by atoms with van der Waals surface area (Å²) in [4.78, 5) is 29.4. The number of fused-ring (bicyclic) bond motifs is 1. The zero-order valence-electron chi connectivity index (χ0n) is 18.3. The molecule has 1 fully saturated rings. The van der Waals surface area contributed by atoms with Crippen LogP contribution in [0.5, 0.6) is 5.75 Å². The van der Waals surface area contributed by atoms with Gasteiger partial charge in [-0.2, -0.15) is 5.10 Å². The molecule has 8 nitrogen and oxygen atoms in total. The molecule has 0 bridgehead atoms. The molecule has 3 N–H and O–H groups in total. The fourth-order valence-corrected chi connectivity index (χ4v) is 5.10. The van der Waals surface area contributed by atoms with Crippen LogP contribution >= 0.6 is 34.5 Å². The molecule has 1 aliphatic carbocycles. The van der Waals surface area contributed by atoms with Gasteiger partial charge in [-0.05, 0) is 48.6 Å². The molecule has 0 unspecified atom stereocenters. The number of carbonyl (C=O) groups is 2. The molecule has 5 rings (SSSR count). The average Bonchev–Trinajstić information content (AvgIpc) is 3.46. The molecule has 36 heavy (non-hydrogen) atoms. The summed E-state index contributed by atoms with van der Waals surface area (Å²) in [6.07, 6.45) is 0.396. The molecule has 3 aromatic heterocycles. The Morgan fingerprint density at radius 1 is 1.28 bits per heavy atom. The number of hydrogen-bond donors (Lipinski definition) is 2. The van der Waals surface area contributed by atoms with E-state index in [-0.39, 0.29) is 44.5 Å². The van der Waals surface area contributed by atoms with Crippen molar-refractivity contribution < 1.29 is 23.1 Å². The van der Waals surface area contributed by atoms with Gasteiger partial charge in [-0.15, -0.1) is 11.3 Å². The Hall–Kier alpha value is -3.28. The highest BCUT2D eigenvalue weighted by molar-refractivity contribution is 7.21. The molecule has 1 aliphatic rings. The van der Waals surface area contributed by atoms with Crippen molar-refractivity contribution in [2.45, 2.75) is 31.9 Å². The molecule has 4 aromatic rings. The number of primary amides is 1. The molecule has 0 spiro atoms. The third-order valence-corrected chi connectivity index (χ3v) is 7.46. The molecule has 2 amide bonds. The SMILES string of the molecule is NC(=O)c1sc2nc(C(F)F)cc(C3CC3)c2c1NC(=O)c1ccn(COc2cccc(Cl)c2Cl)n1. The van der Waals surface area contributed by atoms with Crippen LogP contribution in [0.15, 0.2) is 36.5 Å². The minimum atomic E-state index is -2.77. The van der Waals surface area contributed by atoms with Crippen LogP contribution in [0.3, 0.4) is 0 Å². The Labute approximate surface area is 217 Å². The second-order valence-corrected chi connectivity index (χ2v) is 9.87. The number of carbonyl (C=O) groups excluding carboxylic acids is 2. The number of pyridine rings is 1. The van der Waals surface area contributed by atoms with Crippen LogP contribution in [0.2, 0.25) is 10.0 Å². The maximum Gasteiger partial charge on any atom is 0.280 e. The van der Waals surface area contributed by atoms with E-state index in [1.54, 1.807) is 18.2 Å². The molecule has 0 saturated heterocycles. The second kappa shape index (κ2) is 9.64. The van der Waals surface area contributed by atoms with E-state index in [0.717, 1.165) is 24.2 Å². The lowest BCUT2D eigenvalue weighted by atomic mass is 10.0. The van der Waals surface area contributed by atoms with Crippen LogP contribution in [0.25, 0.3) is 10.2 Å². The predicted molar refractivity (Wildman–Crippen MR) is 132 cm³/mol. The van der Waals surface area contributed by atoms with E-state index >= 15 is 0 Å². The number of aromatic nitrogens is 3. The molecule has 0 atom stereocenters. The smallest absolute Gasteiger partial charge is 0.280 e. The standard InChI is InChI=1S/C23H17Cl2F2N5O3S/c24-12-2-1-3-15(17(12)25)35-9-32-7-6-13(31-32)22(34)30-18-16-11(10-4-5-10)8-14(20(26)27)29-23(16)36-19(18)21(28)33/h1-3,6-8,10,20H,4-5,9H2,(H2,28,33)(H,30,34). The van der Waals surface area contributed by atoms with Gasteiger partial charge in [-0.25, -0.2) is 18.4 Å². The summed E-state index contributed by atoms with van der Waals surface area (Å²) in [6.45, 7) is -0.0482. The number of thiophene rings is 1. The van der Waals surface area contributed by atoms with Crippen LogP contribution in [0, 0.1) is 0 Å². The van der Waals surface area contributed by atoms with Crippen LogP contribution in [0.4, 0.5) is 14.5 Å². The number of anilines is 1. The minimum absolute atomic E-state index is 0.0255. The van der Waals surface area contributed by atoms with Gasteiger partial charge in [0.25, 0.3) is 18.2 Å². The first-order valence-electron chi connectivity index (χ1n) is 10.7. The molecule has 0 radical (unpaired) electrons. The van der Waals surface area contributed by atoms with Crippen molar-refractivity contribution in [3.05, 3.63) is 68.4 Å². The Balaban J connectivity index is 1.42. The molecule has 186 valence electrons. The van der Waals surface area contributed by atoms with Crippen molar-refractivity contribution in [1.82, 2.24) is 14.8 Å². The quantitative estimate of drug-likeness (QED) is 0.278. The van der Waals surface area contributed by atoms with Crippen LogP contribution in [-0.2, 0) is 6.73 Å². The number of alkyl halides is 2. The van der Waals surface area contributed by atoms with Crippen LogP contribution in [-0.4, -0.2) is 26.6 Å². The number of nitrogens with one attached hydrogen (secondary N) is 1. The molecule has 0 aliphatic heterocycles. The van der Waals surface area contributed by atoms with Gasteiger partial charge in [-0.3, -0.25) is 9.59 Å². The number of nitrogens with two attached hydrogens (primary N) is 1. The van der Waals surface area contributed by atoms with E-state index in [2.05, 4.69) is 15.4 Å². The van der Waals surface area contributed by atoms with Gasteiger partial charge >= 0.3 is 0 Å². The number of amides is 2. The van der Waals surface area contributed by atoms with Crippen molar-refractivity contribution in [3.63, 3.8) is 0 Å². The Morgan fingerprint density at radius 2 is 2.06 bits per heavy atom. The van der Waals surface area contributed by atoms with Gasteiger partial charge in [0.2, 0.25) is 0 Å². The number of hydrogen-bond acceptors (Lipinski definition) is 6. The normalized spacial score (nSPS) is 13.4. The van der Waals surface area contributed by atoms with Crippen LogP contribution in [0.1, 0.15) is 56.6 Å². The molecule has 1 saturated carbocycles. The molecule has 3 heterocycles. The lowest BCUT2D eigenvalue weighted by Crippen LogP contribution is -2.18. The number of benzene rings is 1. The predicted octanol–water partition coefficient (Wildman–Crippen LogP) is 6.00. The van der Waals surface area contributed by atoms with Gasteiger partial charge in [-0.1, -0.05) is 29.3 Å². The van der Waals surface area contributed by atoms with E-state index in [9.17, 15) is 18.4 Å². The first-order chi connectivity index (χ1) is 17.2. The molecule has 1 aromatic carbocycles. The summed E-state index contributed by atoms with van der Waals surface area (Å²) in [7, 11) is 0. The fourth-order valence-electron chi connectivity index (χ4n) is 3.73.